The van der Waals surface area contributed by atoms with Crippen LogP contribution >= 0.6 is 0 Å². The van der Waals surface area contributed by atoms with Gasteiger partial charge < -0.3 is 26.6 Å². The van der Waals surface area contributed by atoms with E-state index in [-0.39, 0.29) is 17.6 Å². The molecule has 10 heteroatoms. The molecule has 0 amide bonds. The van der Waals surface area contributed by atoms with Crippen molar-refractivity contribution in [2.45, 2.75) is 58.7 Å². The number of halogens is 2. The zero-order valence-corrected chi connectivity index (χ0v) is 19.3. The predicted molar refractivity (Wildman–Crippen MR) is 128 cm³/mol. The fraction of sp³-hybridized carbons (Fsp3) is 0.435. The number of pyridine rings is 1. The molecule has 180 valence electrons. The molecule has 1 aromatic rings. The molecule has 6 N–H and O–H groups in total. The van der Waals surface area contributed by atoms with Crippen LogP contribution in [0.5, 0.6) is 5.75 Å². The molecular formula is C23H32F2N6O2. The molecule has 0 atom stereocenters. The van der Waals surface area contributed by atoms with E-state index in [9.17, 15) is 13.9 Å². The summed E-state index contributed by atoms with van der Waals surface area (Å²) in [4.78, 5) is 12.4. The van der Waals surface area contributed by atoms with Crippen LogP contribution in [0.25, 0.3) is 5.57 Å². The van der Waals surface area contributed by atoms with Gasteiger partial charge in [-0.1, -0.05) is 12.5 Å². The summed E-state index contributed by atoms with van der Waals surface area (Å²) in [7, 11) is 1.62. The van der Waals surface area contributed by atoms with E-state index in [2.05, 4.69) is 20.3 Å². The second-order valence-electron chi connectivity index (χ2n) is 7.74. The Morgan fingerprint density at radius 2 is 2.09 bits per heavy atom. The number of hydrogen-bond acceptors (Lipinski definition) is 8. The lowest BCUT2D eigenvalue weighted by molar-refractivity contribution is -0.0108. The lowest BCUT2D eigenvalue weighted by Crippen LogP contribution is -2.37. The highest BCUT2D eigenvalue weighted by molar-refractivity contribution is 6.10. The van der Waals surface area contributed by atoms with Gasteiger partial charge in [-0.05, 0) is 20.3 Å². The molecule has 1 aliphatic carbocycles. The zero-order valence-electron chi connectivity index (χ0n) is 19.3. The standard InChI is InChI=1S/C23H32F2N6O2/c1-5-13(2)19(27)8-22(30-14(3)23(24)25)31-21-9-20(33-17-6-16(32)7-17)18(12-29-21)15(10-26)11-28-4/h8-12,16-17,23,32H,5-7,26-27H2,1-4H3,(H,29,31)/b15-10+,19-13-,22-8+,28-11?,30-14+. The molecule has 1 heterocycles. The van der Waals surface area contributed by atoms with Crippen molar-refractivity contribution in [1.82, 2.24) is 4.98 Å². The number of hydrogen-bond donors (Lipinski definition) is 4. The minimum Gasteiger partial charge on any atom is -0.489 e. The highest BCUT2D eigenvalue weighted by atomic mass is 19.3. The maximum absolute atomic E-state index is 13.1. The summed E-state index contributed by atoms with van der Waals surface area (Å²) in [5.74, 6) is 0.897. The average molecular weight is 463 g/mol. The predicted octanol–water partition coefficient (Wildman–Crippen LogP) is 3.61. The van der Waals surface area contributed by atoms with E-state index < -0.39 is 12.5 Å². The van der Waals surface area contributed by atoms with Crippen molar-refractivity contribution in [2.24, 2.45) is 21.5 Å². The van der Waals surface area contributed by atoms with Gasteiger partial charge in [-0.25, -0.2) is 18.8 Å². The van der Waals surface area contributed by atoms with E-state index in [4.69, 9.17) is 16.2 Å². The lowest BCUT2D eigenvalue weighted by atomic mass is 9.92. The number of aromatic nitrogens is 1. The van der Waals surface area contributed by atoms with Crippen LogP contribution < -0.4 is 21.5 Å². The second kappa shape index (κ2) is 12.1. The Hall–Kier alpha value is -3.27. The van der Waals surface area contributed by atoms with Crippen LogP contribution in [0.3, 0.4) is 0 Å². The number of ether oxygens (including phenoxy) is 1. The first-order valence-corrected chi connectivity index (χ1v) is 10.6. The third-order valence-corrected chi connectivity index (χ3v) is 5.17. The minimum absolute atomic E-state index is 0.119. The van der Waals surface area contributed by atoms with Gasteiger partial charge in [0.2, 0.25) is 0 Å². The number of nitrogens with zero attached hydrogens (tertiary/aromatic N) is 3. The summed E-state index contributed by atoms with van der Waals surface area (Å²) in [5, 5.41) is 12.6. The summed E-state index contributed by atoms with van der Waals surface area (Å²) >= 11 is 0. The van der Waals surface area contributed by atoms with Gasteiger partial charge in [-0.2, -0.15) is 0 Å². The summed E-state index contributed by atoms with van der Waals surface area (Å²) in [6, 6.07) is 1.63. The molecule has 0 bridgehead atoms. The van der Waals surface area contributed by atoms with E-state index in [0.29, 0.717) is 47.7 Å². The van der Waals surface area contributed by atoms with Gasteiger partial charge in [0.15, 0.2) is 0 Å². The number of aliphatic hydroxyl groups is 1. The van der Waals surface area contributed by atoms with Gasteiger partial charge in [0, 0.05) is 67.5 Å². The second-order valence-corrected chi connectivity index (χ2v) is 7.74. The largest absolute Gasteiger partial charge is 0.489 e. The third-order valence-electron chi connectivity index (χ3n) is 5.17. The van der Waals surface area contributed by atoms with Gasteiger partial charge >= 0.3 is 0 Å². The van der Waals surface area contributed by atoms with E-state index >= 15 is 0 Å². The Morgan fingerprint density at radius 1 is 1.39 bits per heavy atom. The number of aliphatic imine (C=N–C) groups is 2. The van der Waals surface area contributed by atoms with Crippen molar-refractivity contribution in [3.8, 4) is 5.75 Å². The monoisotopic (exact) mass is 462 g/mol. The van der Waals surface area contributed by atoms with Crippen LogP contribution in [-0.4, -0.2) is 47.7 Å². The Balaban J connectivity index is 2.47. The molecular weight excluding hydrogens is 430 g/mol. The zero-order chi connectivity index (χ0) is 24.5. The Labute approximate surface area is 192 Å². The number of rotatable bonds is 10. The van der Waals surface area contributed by atoms with E-state index in [1.54, 1.807) is 25.5 Å². The molecule has 1 aromatic heterocycles. The van der Waals surface area contributed by atoms with Crippen LogP contribution in [0.1, 0.15) is 45.6 Å². The highest BCUT2D eigenvalue weighted by Gasteiger charge is 2.30. The fourth-order valence-corrected chi connectivity index (χ4v) is 2.92. The van der Waals surface area contributed by atoms with Crippen LogP contribution in [0.15, 0.2) is 51.6 Å². The Kier molecular flexibility index (Phi) is 9.53. The quantitative estimate of drug-likeness (QED) is 0.310. The van der Waals surface area contributed by atoms with E-state index in [1.165, 1.54) is 19.2 Å². The van der Waals surface area contributed by atoms with Crippen LogP contribution in [0.4, 0.5) is 14.6 Å². The van der Waals surface area contributed by atoms with Gasteiger partial charge in [-0.3, -0.25) is 4.99 Å². The first-order valence-electron chi connectivity index (χ1n) is 10.6. The van der Waals surface area contributed by atoms with Gasteiger partial charge in [0.25, 0.3) is 6.43 Å². The summed E-state index contributed by atoms with van der Waals surface area (Å²) in [6.45, 7) is 5.04. The van der Waals surface area contributed by atoms with Crippen molar-refractivity contribution < 1.29 is 18.6 Å². The molecule has 0 radical (unpaired) electrons. The van der Waals surface area contributed by atoms with Crippen molar-refractivity contribution >= 4 is 23.3 Å². The molecule has 2 rings (SSSR count). The number of nitrogens with one attached hydrogen (secondary N) is 1. The number of aliphatic hydroxyl groups excluding tert-OH is 1. The van der Waals surface area contributed by atoms with Crippen LogP contribution in [0.2, 0.25) is 0 Å². The molecule has 0 unspecified atom stereocenters. The molecule has 0 aromatic carbocycles. The van der Waals surface area contributed by atoms with Gasteiger partial charge in [0.1, 0.15) is 23.5 Å². The van der Waals surface area contributed by atoms with Crippen molar-refractivity contribution in [3.05, 3.63) is 47.2 Å². The normalized spacial score (nSPS) is 20.7. The number of nitrogens with two attached hydrogens (primary N) is 2. The van der Waals surface area contributed by atoms with Crippen LogP contribution in [0, 0.1) is 0 Å². The molecule has 1 aliphatic rings. The first kappa shape index (κ1) is 26.0. The molecule has 1 saturated carbocycles. The molecule has 0 saturated heterocycles. The topological polar surface area (TPSA) is 131 Å². The van der Waals surface area contributed by atoms with E-state index in [1.807, 2.05) is 13.8 Å². The highest BCUT2D eigenvalue weighted by Crippen LogP contribution is 2.32. The molecule has 33 heavy (non-hydrogen) atoms. The van der Waals surface area contributed by atoms with Crippen LogP contribution in [-0.2, 0) is 0 Å². The molecule has 0 aliphatic heterocycles. The van der Waals surface area contributed by atoms with Crippen molar-refractivity contribution in [3.63, 3.8) is 0 Å². The third kappa shape index (κ3) is 7.38. The van der Waals surface area contributed by atoms with Gasteiger partial charge in [-0.15, -0.1) is 0 Å². The molecule has 1 fully saturated rings. The smallest absolute Gasteiger partial charge is 0.276 e. The number of alkyl halides is 2. The maximum Gasteiger partial charge on any atom is 0.276 e. The Bertz CT molecular complexity index is 979. The lowest BCUT2D eigenvalue weighted by Gasteiger charge is -2.32. The molecule has 0 spiro atoms. The SMILES string of the molecule is CC/C(C)=C(N)/C=C(\N=C(/C)C(F)F)Nc1cc(OC2CC(O)C2)c(/C(C=NC)=C/N)cn1. The minimum atomic E-state index is -2.71. The summed E-state index contributed by atoms with van der Waals surface area (Å²) < 4.78 is 32.3. The number of anilines is 1. The van der Waals surface area contributed by atoms with Gasteiger partial charge in [0.05, 0.1) is 11.8 Å². The average Bonchev–Trinajstić information content (AvgIpc) is 2.76. The first-order chi connectivity index (χ1) is 15.7. The van der Waals surface area contributed by atoms with Crippen molar-refractivity contribution in [2.75, 3.05) is 12.4 Å². The number of allylic oxidation sites excluding steroid dienone is 3. The fourth-order valence-electron chi connectivity index (χ4n) is 2.92. The maximum atomic E-state index is 13.1. The Morgan fingerprint density at radius 3 is 2.64 bits per heavy atom. The van der Waals surface area contributed by atoms with E-state index in [0.717, 1.165) is 5.57 Å². The summed E-state index contributed by atoms with van der Waals surface area (Å²) in [6.07, 6.45) is 4.47. The summed E-state index contributed by atoms with van der Waals surface area (Å²) in [5.41, 5.74) is 14.0. The molecule has 8 nitrogen and oxygen atoms in total. The van der Waals surface area contributed by atoms with Crippen molar-refractivity contribution in [1.29, 1.82) is 0 Å².